The molecule has 9 nitrogen and oxygen atoms in total. The van der Waals surface area contributed by atoms with E-state index in [1.807, 2.05) is 0 Å². The Bertz CT molecular complexity index is 479. The average Bonchev–Trinajstić information content (AvgIpc) is 2.43. The van der Waals surface area contributed by atoms with Crippen LogP contribution in [0.3, 0.4) is 0 Å². The third-order valence-corrected chi connectivity index (χ3v) is 3.34. The molecule has 0 aliphatic heterocycles. The van der Waals surface area contributed by atoms with Crippen LogP contribution in [0, 0.1) is 0 Å². The summed E-state index contributed by atoms with van der Waals surface area (Å²) in [5.41, 5.74) is 10.5. The van der Waals surface area contributed by atoms with Crippen LogP contribution < -0.4 is 22.1 Å². The number of aliphatic hydroxyl groups excluding tert-OH is 2. The van der Waals surface area contributed by atoms with Gasteiger partial charge in [0, 0.05) is 25.0 Å². The monoisotopic (exact) mass is 314 g/mol. The van der Waals surface area contributed by atoms with Gasteiger partial charge in [-0.3, -0.25) is 14.4 Å². The minimum absolute atomic E-state index is 0.0629. The number of carbonyl (C=O) groups excluding carboxylic acids is 3. The third kappa shape index (κ3) is 4.79. The lowest BCUT2D eigenvalue weighted by Gasteiger charge is -2.31. The summed E-state index contributed by atoms with van der Waals surface area (Å²) in [6.07, 6.45) is -1.12. The van der Waals surface area contributed by atoms with E-state index >= 15 is 0 Å². The van der Waals surface area contributed by atoms with Gasteiger partial charge in [0.2, 0.25) is 17.7 Å². The predicted molar refractivity (Wildman–Crippen MR) is 77.1 cm³/mol. The third-order valence-electron chi connectivity index (χ3n) is 3.34. The van der Waals surface area contributed by atoms with Crippen LogP contribution in [0.5, 0.6) is 0 Å². The molecule has 1 aliphatic carbocycles. The smallest absolute Gasteiger partial charge is 0.247 e. The van der Waals surface area contributed by atoms with Crippen LogP contribution in [-0.4, -0.2) is 58.8 Å². The predicted octanol–water partition coefficient (Wildman–Crippen LogP) is -3.14. The average molecular weight is 314 g/mol. The molecule has 0 aromatic carbocycles. The zero-order chi connectivity index (χ0) is 16.9. The number of hydrogen-bond acceptors (Lipinski definition) is 6. The maximum atomic E-state index is 12.0. The van der Waals surface area contributed by atoms with Gasteiger partial charge in [-0.15, -0.1) is 0 Å². The highest BCUT2D eigenvalue weighted by atomic mass is 16.3. The molecule has 124 valence electrons. The fourth-order valence-corrected chi connectivity index (χ4v) is 2.01. The molecule has 0 spiro atoms. The van der Waals surface area contributed by atoms with Gasteiger partial charge in [-0.2, -0.15) is 0 Å². The molecular weight excluding hydrogens is 292 g/mol. The summed E-state index contributed by atoms with van der Waals surface area (Å²) in [5.74, 6) is -1.68. The van der Waals surface area contributed by atoms with E-state index < -0.39 is 42.0 Å². The minimum atomic E-state index is -1.23. The summed E-state index contributed by atoms with van der Waals surface area (Å²) in [4.78, 5) is 34.5. The molecule has 4 unspecified atom stereocenters. The van der Waals surface area contributed by atoms with E-state index in [0.717, 1.165) is 0 Å². The highest BCUT2D eigenvalue weighted by Crippen LogP contribution is 2.20. The first-order valence-electron chi connectivity index (χ1n) is 6.92. The van der Waals surface area contributed by atoms with Gasteiger partial charge in [-0.25, -0.2) is 0 Å². The molecule has 0 aromatic rings. The molecule has 0 fully saturated rings. The van der Waals surface area contributed by atoms with Crippen molar-refractivity contribution in [2.45, 2.75) is 44.1 Å². The number of hydrogen-bond donors (Lipinski definition) is 6. The first-order valence-corrected chi connectivity index (χ1v) is 6.92. The number of primary amides is 1. The molecule has 9 heteroatoms. The zero-order valence-electron chi connectivity index (χ0n) is 12.3. The normalized spacial score (nSPS) is 25.8. The zero-order valence-corrected chi connectivity index (χ0v) is 12.3. The van der Waals surface area contributed by atoms with E-state index in [9.17, 15) is 24.6 Å². The second-order valence-electron chi connectivity index (χ2n) is 5.18. The fourth-order valence-electron chi connectivity index (χ4n) is 2.01. The van der Waals surface area contributed by atoms with Gasteiger partial charge in [0.25, 0.3) is 0 Å². The van der Waals surface area contributed by atoms with Crippen LogP contribution in [0.1, 0.15) is 19.8 Å². The Morgan fingerprint density at radius 2 is 2.05 bits per heavy atom. The van der Waals surface area contributed by atoms with Crippen LogP contribution in [0.25, 0.3) is 0 Å². The van der Waals surface area contributed by atoms with E-state index in [1.165, 1.54) is 13.0 Å². The quantitative estimate of drug-likeness (QED) is 0.303. The fraction of sp³-hybridized carbons (Fsp3) is 0.615. The van der Waals surface area contributed by atoms with Crippen LogP contribution in [0.15, 0.2) is 11.6 Å². The van der Waals surface area contributed by atoms with Crippen molar-refractivity contribution in [1.82, 2.24) is 10.6 Å². The van der Waals surface area contributed by atoms with Gasteiger partial charge >= 0.3 is 0 Å². The summed E-state index contributed by atoms with van der Waals surface area (Å²) in [6.45, 7) is 1.57. The molecule has 0 radical (unpaired) electrons. The number of amides is 3. The Balaban J connectivity index is 2.82. The second-order valence-corrected chi connectivity index (χ2v) is 5.18. The molecule has 1 rings (SSSR count). The molecule has 3 amide bonds. The van der Waals surface area contributed by atoms with Gasteiger partial charge in [0.05, 0.1) is 12.1 Å². The summed E-state index contributed by atoms with van der Waals surface area (Å²) in [7, 11) is 0. The molecule has 0 saturated heterocycles. The second kappa shape index (κ2) is 7.87. The Kier molecular flexibility index (Phi) is 6.47. The van der Waals surface area contributed by atoms with E-state index in [1.54, 1.807) is 0 Å². The van der Waals surface area contributed by atoms with Crippen molar-refractivity contribution < 1.29 is 24.6 Å². The Hall–Kier alpha value is -1.97. The minimum Gasteiger partial charge on any atom is -0.390 e. The first kappa shape index (κ1) is 18.1. The SMILES string of the molecule is CC(NC(=O)C1=CC(NC(=O)CCN)C(O)C(O)C1)C(N)=O. The standard InChI is InChI=1S/C13H22N4O5/c1-6(12(15)21)16-13(22)7-4-8(11(20)9(18)5-7)17-10(19)2-3-14/h4,6,8-9,11,18,20H,2-3,5,14H2,1H3,(H2,15,21)(H,16,22)(H,17,19). The van der Waals surface area contributed by atoms with E-state index in [2.05, 4.69) is 10.6 Å². The van der Waals surface area contributed by atoms with Crippen molar-refractivity contribution in [1.29, 1.82) is 0 Å². The van der Waals surface area contributed by atoms with Crippen molar-refractivity contribution in [2.24, 2.45) is 11.5 Å². The van der Waals surface area contributed by atoms with Crippen LogP contribution in [0.2, 0.25) is 0 Å². The molecule has 0 aromatic heterocycles. The summed E-state index contributed by atoms with van der Waals surface area (Å²) < 4.78 is 0. The molecule has 1 aliphatic rings. The van der Waals surface area contributed by atoms with Gasteiger partial charge < -0.3 is 32.3 Å². The molecule has 0 heterocycles. The molecular formula is C13H22N4O5. The topological polar surface area (TPSA) is 168 Å². The maximum absolute atomic E-state index is 12.0. The molecule has 0 bridgehead atoms. The maximum Gasteiger partial charge on any atom is 0.247 e. The van der Waals surface area contributed by atoms with Gasteiger partial charge in [-0.1, -0.05) is 6.08 Å². The first-order chi connectivity index (χ1) is 10.3. The highest BCUT2D eigenvalue weighted by molar-refractivity contribution is 5.97. The molecule has 8 N–H and O–H groups in total. The lowest BCUT2D eigenvalue weighted by atomic mass is 9.89. The van der Waals surface area contributed by atoms with Crippen molar-refractivity contribution in [3.05, 3.63) is 11.6 Å². The lowest BCUT2D eigenvalue weighted by molar-refractivity contribution is -0.125. The Morgan fingerprint density at radius 3 is 2.59 bits per heavy atom. The van der Waals surface area contributed by atoms with Gasteiger partial charge in [0.1, 0.15) is 12.1 Å². The summed E-state index contributed by atoms with van der Waals surface area (Å²) in [6, 6.07) is -1.78. The number of nitrogens with one attached hydrogen (secondary N) is 2. The van der Waals surface area contributed by atoms with Crippen molar-refractivity contribution in [2.75, 3.05) is 6.54 Å². The van der Waals surface area contributed by atoms with Crippen LogP contribution >= 0.6 is 0 Å². The number of nitrogens with two attached hydrogens (primary N) is 2. The van der Waals surface area contributed by atoms with Crippen LogP contribution in [-0.2, 0) is 14.4 Å². The van der Waals surface area contributed by atoms with Gasteiger partial charge in [0.15, 0.2) is 0 Å². The highest BCUT2D eigenvalue weighted by Gasteiger charge is 2.33. The lowest BCUT2D eigenvalue weighted by Crippen LogP contribution is -2.52. The number of rotatable bonds is 6. The Morgan fingerprint density at radius 1 is 1.41 bits per heavy atom. The number of carbonyl (C=O) groups is 3. The summed E-state index contributed by atoms with van der Waals surface area (Å²) in [5, 5.41) is 24.6. The van der Waals surface area contributed by atoms with E-state index in [0.29, 0.717) is 0 Å². The van der Waals surface area contributed by atoms with Gasteiger partial charge in [-0.05, 0) is 6.92 Å². The molecule has 4 atom stereocenters. The number of aliphatic hydroxyl groups is 2. The van der Waals surface area contributed by atoms with Crippen LogP contribution in [0.4, 0.5) is 0 Å². The Labute approximate surface area is 127 Å². The van der Waals surface area contributed by atoms with Crippen molar-refractivity contribution >= 4 is 17.7 Å². The molecule has 22 heavy (non-hydrogen) atoms. The van der Waals surface area contributed by atoms with Crippen molar-refractivity contribution in [3.8, 4) is 0 Å². The van der Waals surface area contributed by atoms with E-state index in [4.69, 9.17) is 11.5 Å². The van der Waals surface area contributed by atoms with Crippen molar-refractivity contribution in [3.63, 3.8) is 0 Å². The largest absolute Gasteiger partial charge is 0.390 e. The summed E-state index contributed by atoms with van der Waals surface area (Å²) >= 11 is 0. The molecule has 0 saturated carbocycles. The van der Waals surface area contributed by atoms with E-state index in [-0.39, 0.29) is 25.0 Å².